The summed E-state index contributed by atoms with van der Waals surface area (Å²) in [7, 11) is 6.20. The van der Waals surface area contributed by atoms with Crippen molar-refractivity contribution in [3.63, 3.8) is 0 Å². The first-order valence-electron chi connectivity index (χ1n) is 20.2. The highest BCUT2D eigenvalue weighted by Crippen LogP contribution is 2.13. The molecular formula is C42H80NO4+. The standard InChI is InChI=1S/C42H80NO4/c1-6-8-10-12-14-16-18-20-22-24-26-28-30-32-34-36-41(44)46-39-40(38-43(3,4)5)47-42(45)37-35-33-31-29-27-25-23-21-19-17-15-13-11-9-7-2/h20-23,40H,6-19,24-39H2,1-5H3/q+1/b22-20?,23-21-. The third-order valence-electron chi connectivity index (χ3n) is 8.77. The zero-order valence-corrected chi connectivity index (χ0v) is 32.2. The van der Waals surface area contributed by atoms with Crippen molar-refractivity contribution in [1.29, 1.82) is 0 Å². The second-order valence-electron chi connectivity index (χ2n) is 14.9. The lowest BCUT2D eigenvalue weighted by Gasteiger charge is -2.28. The summed E-state index contributed by atoms with van der Waals surface area (Å²) in [5.41, 5.74) is 0. The van der Waals surface area contributed by atoms with Gasteiger partial charge in [0.15, 0.2) is 6.10 Å². The van der Waals surface area contributed by atoms with Gasteiger partial charge in [-0.1, -0.05) is 141 Å². The summed E-state index contributed by atoms with van der Waals surface area (Å²) < 4.78 is 12.0. The second-order valence-corrected chi connectivity index (χ2v) is 14.9. The minimum Gasteiger partial charge on any atom is -0.461 e. The van der Waals surface area contributed by atoms with Crippen LogP contribution in [0, 0.1) is 0 Å². The van der Waals surface area contributed by atoms with Crippen molar-refractivity contribution in [2.24, 2.45) is 0 Å². The maximum atomic E-state index is 12.6. The lowest BCUT2D eigenvalue weighted by Crippen LogP contribution is -2.45. The molecule has 0 bridgehead atoms. The van der Waals surface area contributed by atoms with E-state index in [1.165, 1.54) is 128 Å². The number of quaternary nitrogens is 1. The largest absolute Gasteiger partial charge is 0.461 e. The Balaban J connectivity index is 3.89. The van der Waals surface area contributed by atoms with Crippen molar-refractivity contribution in [3.8, 4) is 0 Å². The van der Waals surface area contributed by atoms with Crippen molar-refractivity contribution in [2.45, 2.75) is 200 Å². The quantitative estimate of drug-likeness (QED) is 0.0293. The highest BCUT2D eigenvalue weighted by atomic mass is 16.6. The molecule has 276 valence electrons. The van der Waals surface area contributed by atoms with Crippen molar-refractivity contribution in [2.75, 3.05) is 34.3 Å². The summed E-state index contributed by atoms with van der Waals surface area (Å²) in [6, 6.07) is 0. The summed E-state index contributed by atoms with van der Waals surface area (Å²) in [6.07, 6.45) is 42.1. The number of unbranched alkanes of at least 4 members (excludes halogenated alkanes) is 22. The van der Waals surface area contributed by atoms with E-state index in [0.29, 0.717) is 23.9 Å². The number of rotatable bonds is 35. The molecule has 0 amide bonds. The lowest BCUT2D eigenvalue weighted by atomic mass is 10.1. The van der Waals surface area contributed by atoms with Gasteiger partial charge in [-0.15, -0.1) is 0 Å². The predicted octanol–water partition coefficient (Wildman–Crippen LogP) is 12.2. The van der Waals surface area contributed by atoms with Crippen LogP contribution < -0.4 is 0 Å². The van der Waals surface area contributed by atoms with Gasteiger partial charge in [-0.25, -0.2) is 0 Å². The molecular weight excluding hydrogens is 582 g/mol. The molecule has 5 nitrogen and oxygen atoms in total. The van der Waals surface area contributed by atoms with E-state index >= 15 is 0 Å². The summed E-state index contributed by atoms with van der Waals surface area (Å²) in [5, 5.41) is 0. The Bertz CT molecular complexity index is 754. The SMILES string of the molecule is CCCCCCCCC=CCCCCCCCC(=O)OCC(C[N+](C)(C)C)OC(=O)CCCCCCC/C=C\CCCCCCCC. The van der Waals surface area contributed by atoms with Gasteiger partial charge in [-0.2, -0.15) is 0 Å². The van der Waals surface area contributed by atoms with Crippen molar-refractivity contribution in [1.82, 2.24) is 0 Å². The zero-order chi connectivity index (χ0) is 34.7. The first-order valence-corrected chi connectivity index (χ1v) is 20.2. The highest BCUT2D eigenvalue weighted by Gasteiger charge is 2.23. The summed E-state index contributed by atoms with van der Waals surface area (Å²) in [4.78, 5) is 24.9. The van der Waals surface area contributed by atoms with Crippen LogP contribution in [0.2, 0.25) is 0 Å². The van der Waals surface area contributed by atoms with Gasteiger partial charge in [0.1, 0.15) is 13.2 Å². The highest BCUT2D eigenvalue weighted by molar-refractivity contribution is 5.70. The van der Waals surface area contributed by atoms with Gasteiger partial charge in [0, 0.05) is 12.8 Å². The normalized spacial score (nSPS) is 12.7. The van der Waals surface area contributed by atoms with Crippen LogP contribution in [-0.2, 0) is 19.1 Å². The summed E-state index contributed by atoms with van der Waals surface area (Å²) >= 11 is 0. The molecule has 0 aliphatic carbocycles. The molecule has 0 saturated carbocycles. The molecule has 5 heteroatoms. The second kappa shape index (κ2) is 34.3. The average Bonchev–Trinajstić information content (AvgIpc) is 3.03. The Hall–Kier alpha value is -1.62. The van der Waals surface area contributed by atoms with Crippen LogP contribution in [0.25, 0.3) is 0 Å². The van der Waals surface area contributed by atoms with Crippen LogP contribution in [0.1, 0.15) is 194 Å². The van der Waals surface area contributed by atoms with E-state index in [4.69, 9.17) is 9.47 Å². The first kappa shape index (κ1) is 45.4. The van der Waals surface area contributed by atoms with Crippen LogP contribution in [0.4, 0.5) is 0 Å². The van der Waals surface area contributed by atoms with Crippen molar-refractivity contribution in [3.05, 3.63) is 24.3 Å². The summed E-state index contributed by atoms with van der Waals surface area (Å²) in [5.74, 6) is -0.350. The average molecular weight is 663 g/mol. The van der Waals surface area contributed by atoms with Crippen LogP contribution in [0.3, 0.4) is 0 Å². The van der Waals surface area contributed by atoms with Crippen LogP contribution in [0.5, 0.6) is 0 Å². The maximum absolute atomic E-state index is 12.6. The van der Waals surface area contributed by atoms with Gasteiger partial charge < -0.3 is 14.0 Å². The lowest BCUT2D eigenvalue weighted by molar-refractivity contribution is -0.873. The molecule has 0 fully saturated rings. The summed E-state index contributed by atoms with van der Waals surface area (Å²) in [6.45, 7) is 5.31. The van der Waals surface area contributed by atoms with Gasteiger partial charge in [0.2, 0.25) is 0 Å². The molecule has 0 heterocycles. The van der Waals surface area contributed by atoms with Crippen LogP contribution >= 0.6 is 0 Å². The predicted molar refractivity (Wildman–Crippen MR) is 203 cm³/mol. The molecule has 0 aromatic heterocycles. The molecule has 0 N–H and O–H groups in total. The molecule has 0 saturated heterocycles. The minimum atomic E-state index is -0.399. The Morgan fingerprint density at radius 2 is 0.830 bits per heavy atom. The maximum Gasteiger partial charge on any atom is 0.306 e. The molecule has 47 heavy (non-hydrogen) atoms. The smallest absolute Gasteiger partial charge is 0.306 e. The van der Waals surface area contributed by atoms with E-state index in [1.54, 1.807) is 0 Å². The Morgan fingerprint density at radius 3 is 1.21 bits per heavy atom. The Kier molecular flexibility index (Phi) is 33.1. The molecule has 1 atom stereocenters. The molecule has 0 aromatic carbocycles. The van der Waals surface area contributed by atoms with Crippen LogP contribution in [0.15, 0.2) is 24.3 Å². The molecule has 0 radical (unpaired) electrons. The van der Waals surface area contributed by atoms with Gasteiger partial charge in [0.05, 0.1) is 21.1 Å². The molecule has 0 spiro atoms. The third-order valence-corrected chi connectivity index (χ3v) is 8.77. The molecule has 0 aliphatic heterocycles. The first-order chi connectivity index (χ1) is 22.8. The van der Waals surface area contributed by atoms with E-state index < -0.39 is 6.10 Å². The fraction of sp³-hybridized carbons (Fsp3) is 0.857. The molecule has 0 rings (SSSR count). The number of ether oxygens (including phenoxy) is 2. The van der Waals surface area contributed by atoms with Gasteiger partial charge in [-0.3, -0.25) is 9.59 Å². The molecule has 0 aliphatic rings. The number of esters is 2. The van der Waals surface area contributed by atoms with E-state index in [-0.39, 0.29) is 18.5 Å². The molecule has 0 aromatic rings. The zero-order valence-electron chi connectivity index (χ0n) is 32.2. The van der Waals surface area contributed by atoms with E-state index in [0.717, 1.165) is 38.5 Å². The number of carbonyl (C=O) groups is 2. The topological polar surface area (TPSA) is 52.6 Å². The van der Waals surface area contributed by atoms with Crippen LogP contribution in [-0.4, -0.2) is 56.8 Å². The fourth-order valence-corrected chi connectivity index (χ4v) is 5.92. The number of allylic oxidation sites excluding steroid dienone is 4. The number of nitrogens with zero attached hydrogens (tertiary/aromatic N) is 1. The van der Waals surface area contributed by atoms with E-state index in [1.807, 2.05) is 0 Å². The fourth-order valence-electron chi connectivity index (χ4n) is 5.92. The van der Waals surface area contributed by atoms with Crippen molar-refractivity contribution < 1.29 is 23.5 Å². The Labute approximate surface area is 293 Å². The van der Waals surface area contributed by atoms with Gasteiger partial charge in [-0.05, 0) is 64.2 Å². The monoisotopic (exact) mass is 663 g/mol. The number of likely N-dealkylation sites (N-methyl/N-ethyl adjacent to an activating group) is 1. The Morgan fingerprint density at radius 1 is 0.489 bits per heavy atom. The van der Waals surface area contributed by atoms with Gasteiger partial charge >= 0.3 is 11.9 Å². The number of hydrogen-bond acceptors (Lipinski definition) is 4. The minimum absolute atomic E-state index is 0.150. The number of carbonyl (C=O) groups excluding carboxylic acids is 2. The van der Waals surface area contributed by atoms with Gasteiger partial charge in [0.25, 0.3) is 0 Å². The number of hydrogen-bond donors (Lipinski definition) is 0. The van der Waals surface area contributed by atoms with Crippen molar-refractivity contribution >= 4 is 11.9 Å². The molecule has 1 unspecified atom stereocenters. The van der Waals surface area contributed by atoms with E-state index in [2.05, 4.69) is 59.3 Å². The third kappa shape index (κ3) is 37.1. The van der Waals surface area contributed by atoms with E-state index in [9.17, 15) is 9.59 Å².